The topological polar surface area (TPSA) is 56.0 Å². The number of pyridine rings is 1. The Bertz CT molecular complexity index is 825. The lowest BCUT2D eigenvalue weighted by molar-refractivity contribution is 0.0711. The molecule has 0 saturated carbocycles. The van der Waals surface area contributed by atoms with Crippen LogP contribution in [0.3, 0.4) is 0 Å². The maximum absolute atomic E-state index is 13.1. The normalized spacial score (nSPS) is 17.1. The minimum absolute atomic E-state index is 0.105. The second kappa shape index (κ2) is 6.93. The average molecular weight is 335 g/mol. The molecule has 0 spiro atoms. The first-order valence-corrected chi connectivity index (χ1v) is 8.64. The number of aromatic nitrogens is 4. The molecule has 3 aromatic rings. The van der Waals surface area contributed by atoms with Crippen LogP contribution in [0.5, 0.6) is 0 Å². The van der Waals surface area contributed by atoms with Crippen LogP contribution in [-0.2, 0) is 13.1 Å². The van der Waals surface area contributed by atoms with E-state index in [4.69, 9.17) is 0 Å². The van der Waals surface area contributed by atoms with Crippen molar-refractivity contribution in [3.8, 4) is 0 Å². The van der Waals surface area contributed by atoms with Crippen LogP contribution < -0.4 is 0 Å². The maximum Gasteiger partial charge on any atom is 0.270 e. The quantitative estimate of drug-likeness (QED) is 0.719. The van der Waals surface area contributed by atoms with E-state index in [0.717, 1.165) is 37.2 Å². The van der Waals surface area contributed by atoms with E-state index in [9.17, 15) is 4.79 Å². The fourth-order valence-corrected chi connectivity index (χ4v) is 3.50. The molecule has 4 heterocycles. The van der Waals surface area contributed by atoms with E-state index in [0.29, 0.717) is 6.54 Å². The highest BCUT2D eigenvalue weighted by atomic mass is 16.2. The van der Waals surface area contributed by atoms with Crippen molar-refractivity contribution >= 4 is 5.91 Å². The SMILES string of the molecule is O=C(c1cccn1Cc1ccncc1)N1CCC[C@H]1Cn1cccn1. The summed E-state index contributed by atoms with van der Waals surface area (Å²) >= 11 is 0. The molecule has 0 aromatic carbocycles. The molecular formula is C19H21N5O. The number of hydrogen-bond acceptors (Lipinski definition) is 3. The fourth-order valence-electron chi connectivity index (χ4n) is 3.50. The lowest BCUT2D eigenvalue weighted by Crippen LogP contribution is -2.39. The van der Waals surface area contributed by atoms with Gasteiger partial charge in [0, 0.05) is 44.1 Å². The summed E-state index contributed by atoms with van der Waals surface area (Å²) < 4.78 is 3.92. The van der Waals surface area contributed by atoms with Crippen LogP contribution in [0.15, 0.2) is 61.3 Å². The molecule has 1 amide bonds. The summed E-state index contributed by atoms with van der Waals surface area (Å²) in [4.78, 5) is 19.2. The van der Waals surface area contributed by atoms with Crippen molar-refractivity contribution in [2.45, 2.75) is 32.0 Å². The predicted molar refractivity (Wildman–Crippen MR) is 94.1 cm³/mol. The number of hydrogen-bond donors (Lipinski definition) is 0. The van der Waals surface area contributed by atoms with Crippen molar-refractivity contribution in [1.29, 1.82) is 0 Å². The summed E-state index contributed by atoms with van der Waals surface area (Å²) in [6.07, 6.45) is 11.3. The molecule has 6 heteroatoms. The van der Waals surface area contributed by atoms with Crippen molar-refractivity contribution in [3.63, 3.8) is 0 Å². The summed E-state index contributed by atoms with van der Waals surface area (Å²) in [7, 11) is 0. The van der Waals surface area contributed by atoms with Gasteiger partial charge in [-0.1, -0.05) is 0 Å². The zero-order chi connectivity index (χ0) is 17.1. The summed E-state index contributed by atoms with van der Waals surface area (Å²) in [6, 6.07) is 9.92. The number of rotatable bonds is 5. The van der Waals surface area contributed by atoms with Gasteiger partial charge in [0.15, 0.2) is 0 Å². The third-order valence-corrected chi connectivity index (χ3v) is 4.75. The molecular weight excluding hydrogens is 314 g/mol. The van der Waals surface area contributed by atoms with Gasteiger partial charge < -0.3 is 9.47 Å². The van der Waals surface area contributed by atoms with Crippen molar-refractivity contribution < 1.29 is 4.79 Å². The molecule has 0 N–H and O–H groups in total. The Labute approximate surface area is 146 Å². The molecule has 1 fully saturated rings. The van der Waals surface area contributed by atoms with E-state index in [-0.39, 0.29) is 11.9 Å². The number of carbonyl (C=O) groups excluding carboxylic acids is 1. The van der Waals surface area contributed by atoms with Crippen LogP contribution in [0.25, 0.3) is 0 Å². The van der Waals surface area contributed by atoms with Gasteiger partial charge in [0.1, 0.15) is 5.69 Å². The molecule has 25 heavy (non-hydrogen) atoms. The Morgan fingerprint density at radius 1 is 1.12 bits per heavy atom. The van der Waals surface area contributed by atoms with Crippen LogP contribution in [0.2, 0.25) is 0 Å². The second-order valence-corrected chi connectivity index (χ2v) is 6.40. The average Bonchev–Trinajstić information content (AvgIpc) is 3.38. The molecule has 4 rings (SSSR count). The third kappa shape index (κ3) is 3.33. The van der Waals surface area contributed by atoms with E-state index in [1.165, 1.54) is 0 Å². The fraction of sp³-hybridized carbons (Fsp3) is 0.316. The van der Waals surface area contributed by atoms with Crippen LogP contribution >= 0.6 is 0 Å². The molecule has 1 atom stereocenters. The van der Waals surface area contributed by atoms with Crippen LogP contribution in [0.1, 0.15) is 28.9 Å². The lowest BCUT2D eigenvalue weighted by Gasteiger charge is -2.25. The first-order chi connectivity index (χ1) is 12.3. The molecule has 0 unspecified atom stereocenters. The first-order valence-electron chi connectivity index (χ1n) is 8.64. The van der Waals surface area contributed by atoms with Crippen molar-refractivity contribution in [3.05, 3.63) is 72.6 Å². The highest BCUT2D eigenvalue weighted by Crippen LogP contribution is 2.22. The zero-order valence-corrected chi connectivity index (χ0v) is 14.0. The summed E-state index contributed by atoms with van der Waals surface area (Å²) in [5.41, 5.74) is 1.87. The predicted octanol–water partition coefficient (Wildman–Crippen LogP) is 2.43. The summed E-state index contributed by atoms with van der Waals surface area (Å²) in [6.45, 7) is 2.24. The molecule has 3 aromatic heterocycles. The first kappa shape index (κ1) is 15.6. The van der Waals surface area contributed by atoms with Gasteiger partial charge in [-0.2, -0.15) is 5.10 Å². The van der Waals surface area contributed by atoms with E-state index >= 15 is 0 Å². The number of amides is 1. The van der Waals surface area contributed by atoms with Gasteiger partial charge in [-0.3, -0.25) is 14.5 Å². The van der Waals surface area contributed by atoms with Crippen LogP contribution in [0.4, 0.5) is 0 Å². The Kier molecular flexibility index (Phi) is 4.33. The van der Waals surface area contributed by atoms with Crippen molar-refractivity contribution in [2.75, 3.05) is 6.54 Å². The standard InChI is InChI=1S/C19H21N5O/c25-19(24-13-1-4-17(24)15-23-12-3-8-21-23)18-5-2-11-22(18)14-16-6-9-20-10-7-16/h2-3,5-12,17H,1,4,13-15H2/t17-/m0/s1. The third-order valence-electron chi connectivity index (χ3n) is 4.75. The second-order valence-electron chi connectivity index (χ2n) is 6.40. The van der Waals surface area contributed by atoms with Crippen LogP contribution in [0, 0.1) is 0 Å². The monoisotopic (exact) mass is 335 g/mol. The van der Waals surface area contributed by atoms with Crippen LogP contribution in [-0.4, -0.2) is 42.7 Å². The van der Waals surface area contributed by atoms with E-state index in [2.05, 4.69) is 10.1 Å². The Hall–Kier alpha value is -2.89. The Morgan fingerprint density at radius 2 is 2.00 bits per heavy atom. The van der Waals surface area contributed by atoms with E-state index in [1.807, 2.05) is 56.9 Å². The largest absolute Gasteiger partial charge is 0.339 e. The summed E-state index contributed by atoms with van der Waals surface area (Å²) in [5, 5.41) is 4.28. The molecule has 1 aliphatic rings. The van der Waals surface area contributed by atoms with E-state index in [1.54, 1.807) is 18.6 Å². The van der Waals surface area contributed by atoms with Gasteiger partial charge in [0.2, 0.25) is 0 Å². The van der Waals surface area contributed by atoms with Crippen molar-refractivity contribution in [1.82, 2.24) is 24.2 Å². The highest BCUT2D eigenvalue weighted by molar-refractivity contribution is 5.93. The minimum Gasteiger partial charge on any atom is -0.339 e. The molecule has 0 bridgehead atoms. The van der Waals surface area contributed by atoms with Gasteiger partial charge in [-0.15, -0.1) is 0 Å². The van der Waals surface area contributed by atoms with Gasteiger partial charge in [0.05, 0.1) is 12.6 Å². The van der Waals surface area contributed by atoms with Gasteiger partial charge in [-0.05, 0) is 48.7 Å². The van der Waals surface area contributed by atoms with E-state index < -0.39 is 0 Å². The molecule has 0 aliphatic carbocycles. The maximum atomic E-state index is 13.1. The number of carbonyl (C=O) groups is 1. The molecule has 6 nitrogen and oxygen atoms in total. The lowest BCUT2D eigenvalue weighted by atomic mass is 10.2. The number of nitrogens with zero attached hydrogens (tertiary/aromatic N) is 5. The van der Waals surface area contributed by atoms with Gasteiger partial charge in [0.25, 0.3) is 5.91 Å². The molecule has 0 radical (unpaired) electrons. The van der Waals surface area contributed by atoms with Crippen molar-refractivity contribution in [2.24, 2.45) is 0 Å². The Balaban J connectivity index is 1.51. The molecule has 128 valence electrons. The zero-order valence-electron chi connectivity index (χ0n) is 14.0. The smallest absolute Gasteiger partial charge is 0.270 e. The van der Waals surface area contributed by atoms with Gasteiger partial charge in [-0.25, -0.2) is 0 Å². The Morgan fingerprint density at radius 3 is 2.80 bits per heavy atom. The summed E-state index contributed by atoms with van der Waals surface area (Å²) in [5.74, 6) is 0.105. The highest BCUT2D eigenvalue weighted by Gasteiger charge is 2.31. The molecule has 1 saturated heterocycles. The van der Waals surface area contributed by atoms with Gasteiger partial charge >= 0.3 is 0 Å². The molecule has 1 aliphatic heterocycles. The minimum atomic E-state index is 0.105. The number of likely N-dealkylation sites (tertiary alicyclic amines) is 1.